The van der Waals surface area contributed by atoms with E-state index in [0.29, 0.717) is 11.5 Å². The maximum Gasteiger partial charge on any atom is 0.0694 e. The van der Waals surface area contributed by atoms with Crippen LogP contribution in [-0.4, -0.2) is 15.3 Å². The molecule has 0 unspecified atom stereocenters. The molecule has 96 valence electrons. The van der Waals surface area contributed by atoms with Crippen molar-refractivity contribution in [2.45, 2.75) is 64.5 Å². The van der Waals surface area contributed by atoms with E-state index in [2.05, 4.69) is 37.4 Å². The SMILES string of the molecule is CC(C)c1nn(C)cc1CNC1(C)CCCC1. The first-order chi connectivity index (χ1) is 8.00. The third-order valence-electron chi connectivity index (χ3n) is 3.90. The van der Waals surface area contributed by atoms with E-state index in [1.807, 2.05) is 11.7 Å². The molecule has 1 aromatic heterocycles. The highest BCUT2D eigenvalue weighted by Crippen LogP contribution is 2.29. The molecule has 1 saturated carbocycles. The molecule has 1 fully saturated rings. The summed E-state index contributed by atoms with van der Waals surface area (Å²) < 4.78 is 1.93. The molecule has 0 aliphatic heterocycles. The van der Waals surface area contributed by atoms with E-state index in [9.17, 15) is 0 Å². The molecule has 1 heterocycles. The van der Waals surface area contributed by atoms with Crippen molar-refractivity contribution in [2.75, 3.05) is 0 Å². The topological polar surface area (TPSA) is 29.9 Å². The van der Waals surface area contributed by atoms with Gasteiger partial charge in [-0.2, -0.15) is 5.10 Å². The Morgan fingerprint density at radius 1 is 1.41 bits per heavy atom. The Morgan fingerprint density at radius 2 is 2.06 bits per heavy atom. The van der Waals surface area contributed by atoms with Crippen molar-refractivity contribution in [3.8, 4) is 0 Å². The summed E-state index contributed by atoms with van der Waals surface area (Å²) >= 11 is 0. The van der Waals surface area contributed by atoms with Crippen molar-refractivity contribution in [3.63, 3.8) is 0 Å². The van der Waals surface area contributed by atoms with Gasteiger partial charge in [-0.15, -0.1) is 0 Å². The van der Waals surface area contributed by atoms with Gasteiger partial charge in [-0.1, -0.05) is 26.7 Å². The van der Waals surface area contributed by atoms with Crippen LogP contribution in [0.4, 0.5) is 0 Å². The number of hydrogen-bond acceptors (Lipinski definition) is 2. The van der Waals surface area contributed by atoms with Crippen molar-refractivity contribution in [3.05, 3.63) is 17.5 Å². The first-order valence-corrected chi connectivity index (χ1v) is 6.78. The zero-order chi connectivity index (χ0) is 12.5. The lowest BCUT2D eigenvalue weighted by Gasteiger charge is -2.25. The maximum absolute atomic E-state index is 4.55. The van der Waals surface area contributed by atoms with Crippen LogP contribution in [-0.2, 0) is 13.6 Å². The summed E-state index contributed by atoms with van der Waals surface area (Å²) in [5.74, 6) is 0.504. The Bertz CT molecular complexity index is 373. The van der Waals surface area contributed by atoms with Crippen LogP contribution in [0.1, 0.15) is 63.6 Å². The number of nitrogens with one attached hydrogen (secondary N) is 1. The Morgan fingerprint density at radius 3 is 2.65 bits per heavy atom. The molecule has 0 saturated heterocycles. The highest BCUT2D eigenvalue weighted by atomic mass is 15.3. The fourth-order valence-corrected chi connectivity index (χ4v) is 2.82. The monoisotopic (exact) mass is 235 g/mol. The van der Waals surface area contributed by atoms with Gasteiger partial charge in [0.15, 0.2) is 0 Å². The summed E-state index contributed by atoms with van der Waals surface area (Å²) in [6.45, 7) is 7.73. The van der Waals surface area contributed by atoms with E-state index in [1.165, 1.54) is 36.9 Å². The largest absolute Gasteiger partial charge is 0.307 e. The van der Waals surface area contributed by atoms with Crippen molar-refractivity contribution >= 4 is 0 Å². The van der Waals surface area contributed by atoms with Crippen LogP contribution < -0.4 is 5.32 Å². The standard InChI is InChI=1S/C14H25N3/c1-11(2)13-12(10-17(4)16-13)9-15-14(3)7-5-6-8-14/h10-11,15H,5-9H2,1-4H3. The molecule has 0 spiro atoms. The summed E-state index contributed by atoms with van der Waals surface area (Å²) in [5.41, 5.74) is 2.95. The van der Waals surface area contributed by atoms with Gasteiger partial charge < -0.3 is 5.32 Å². The Labute approximate surface area is 105 Å². The van der Waals surface area contributed by atoms with E-state index in [1.54, 1.807) is 0 Å². The summed E-state index contributed by atoms with van der Waals surface area (Å²) in [4.78, 5) is 0. The van der Waals surface area contributed by atoms with Crippen LogP contribution in [0.3, 0.4) is 0 Å². The zero-order valence-corrected chi connectivity index (χ0v) is 11.6. The molecule has 0 atom stereocenters. The van der Waals surface area contributed by atoms with Gasteiger partial charge in [0, 0.05) is 30.9 Å². The van der Waals surface area contributed by atoms with Crippen LogP contribution in [0, 0.1) is 0 Å². The first-order valence-electron chi connectivity index (χ1n) is 6.78. The van der Waals surface area contributed by atoms with E-state index < -0.39 is 0 Å². The summed E-state index contributed by atoms with van der Waals surface area (Å²) in [7, 11) is 2.01. The van der Waals surface area contributed by atoms with Gasteiger partial charge >= 0.3 is 0 Å². The number of nitrogens with zero attached hydrogens (tertiary/aromatic N) is 2. The van der Waals surface area contributed by atoms with Gasteiger partial charge in [0.1, 0.15) is 0 Å². The van der Waals surface area contributed by atoms with Crippen molar-refractivity contribution in [1.29, 1.82) is 0 Å². The Balaban J connectivity index is 2.03. The van der Waals surface area contributed by atoms with E-state index in [-0.39, 0.29) is 0 Å². The molecule has 1 aliphatic carbocycles. The molecule has 3 nitrogen and oxygen atoms in total. The lowest BCUT2D eigenvalue weighted by atomic mass is 9.99. The predicted octanol–water partition coefficient (Wildman–Crippen LogP) is 2.97. The third kappa shape index (κ3) is 2.89. The summed E-state index contributed by atoms with van der Waals surface area (Å²) in [6.07, 6.45) is 7.51. The zero-order valence-electron chi connectivity index (χ0n) is 11.6. The van der Waals surface area contributed by atoms with Crippen LogP contribution >= 0.6 is 0 Å². The van der Waals surface area contributed by atoms with Crippen LogP contribution in [0.2, 0.25) is 0 Å². The van der Waals surface area contributed by atoms with Crippen LogP contribution in [0.15, 0.2) is 6.20 Å². The highest BCUT2D eigenvalue weighted by Gasteiger charge is 2.28. The highest BCUT2D eigenvalue weighted by molar-refractivity contribution is 5.20. The molecule has 3 heteroatoms. The van der Waals surface area contributed by atoms with Gasteiger partial charge in [-0.05, 0) is 25.7 Å². The Kier molecular flexibility index (Phi) is 3.57. The number of rotatable bonds is 4. The summed E-state index contributed by atoms with van der Waals surface area (Å²) in [5, 5.41) is 8.28. The first kappa shape index (κ1) is 12.6. The van der Waals surface area contributed by atoms with E-state index >= 15 is 0 Å². The normalized spacial score (nSPS) is 19.1. The van der Waals surface area contributed by atoms with Crippen LogP contribution in [0.5, 0.6) is 0 Å². The molecule has 1 aliphatic rings. The van der Waals surface area contributed by atoms with Gasteiger partial charge in [0.25, 0.3) is 0 Å². The molecule has 0 bridgehead atoms. The average Bonchev–Trinajstić information content (AvgIpc) is 2.83. The molecular weight excluding hydrogens is 210 g/mol. The van der Waals surface area contributed by atoms with Crippen molar-refractivity contribution in [2.24, 2.45) is 7.05 Å². The third-order valence-corrected chi connectivity index (χ3v) is 3.90. The second-order valence-corrected chi connectivity index (χ2v) is 5.99. The summed E-state index contributed by atoms with van der Waals surface area (Å²) in [6, 6.07) is 0. The van der Waals surface area contributed by atoms with E-state index in [0.717, 1.165) is 6.54 Å². The number of hydrogen-bond donors (Lipinski definition) is 1. The van der Waals surface area contributed by atoms with Crippen molar-refractivity contribution < 1.29 is 0 Å². The minimum Gasteiger partial charge on any atom is -0.307 e. The molecule has 17 heavy (non-hydrogen) atoms. The molecule has 2 rings (SSSR count). The van der Waals surface area contributed by atoms with Crippen LogP contribution in [0.25, 0.3) is 0 Å². The lowest BCUT2D eigenvalue weighted by Crippen LogP contribution is -2.38. The lowest BCUT2D eigenvalue weighted by molar-refractivity contribution is 0.362. The maximum atomic E-state index is 4.55. The fraction of sp³-hybridized carbons (Fsp3) is 0.786. The quantitative estimate of drug-likeness (QED) is 0.869. The average molecular weight is 235 g/mol. The van der Waals surface area contributed by atoms with Crippen molar-refractivity contribution in [1.82, 2.24) is 15.1 Å². The molecular formula is C14H25N3. The molecule has 0 aromatic carbocycles. The molecule has 1 N–H and O–H groups in total. The van der Waals surface area contributed by atoms with Gasteiger partial charge in [0.2, 0.25) is 0 Å². The smallest absolute Gasteiger partial charge is 0.0694 e. The molecule has 0 amide bonds. The second kappa shape index (κ2) is 4.81. The number of aryl methyl sites for hydroxylation is 1. The predicted molar refractivity (Wildman–Crippen MR) is 71.0 cm³/mol. The molecule has 0 radical (unpaired) electrons. The number of aromatic nitrogens is 2. The minimum absolute atomic E-state index is 0.351. The van der Waals surface area contributed by atoms with E-state index in [4.69, 9.17) is 0 Å². The minimum atomic E-state index is 0.351. The second-order valence-electron chi connectivity index (χ2n) is 5.99. The van der Waals surface area contributed by atoms with Gasteiger partial charge in [-0.25, -0.2) is 0 Å². The Hall–Kier alpha value is -0.830. The van der Waals surface area contributed by atoms with Gasteiger partial charge in [-0.3, -0.25) is 4.68 Å². The molecule has 1 aromatic rings. The fourth-order valence-electron chi connectivity index (χ4n) is 2.82. The van der Waals surface area contributed by atoms with Gasteiger partial charge in [0.05, 0.1) is 5.69 Å².